The second kappa shape index (κ2) is 7.66. The predicted molar refractivity (Wildman–Crippen MR) is 108 cm³/mol. The van der Waals surface area contributed by atoms with E-state index < -0.39 is 0 Å². The Morgan fingerprint density at radius 2 is 2.00 bits per heavy atom. The summed E-state index contributed by atoms with van der Waals surface area (Å²) < 4.78 is 1.91. The largest absolute Gasteiger partial charge is 0.312 e. The van der Waals surface area contributed by atoms with E-state index in [1.807, 2.05) is 41.9 Å². The van der Waals surface area contributed by atoms with E-state index >= 15 is 0 Å². The van der Waals surface area contributed by atoms with Crippen molar-refractivity contribution in [2.75, 3.05) is 0 Å². The third-order valence-corrected chi connectivity index (χ3v) is 5.49. The van der Waals surface area contributed by atoms with Crippen molar-refractivity contribution in [3.05, 3.63) is 78.0 Å². The van der Waals surface area contributed by atoms with Gasteiger partial charge in [0.25, 0.3) is 0 Å². The number of aromatic nitrogens is 6. The smallest absolute Gasteiger partial charge is 0.191 e. The van der Waals surface area contributed by atoms with Crippen molar-refractivity contribution in [1.29, 1.82) is 0 Å². The molecule has 0 N–H and O–H groups in total. The molecule has 0 aliphatic heterocycles. The lowest BCUT2D eigenvalue weighted by molar-refractivity contribution is 0.752. The molecule has 138 valence electrons. The van der Waals surface area contributed by atoms with Gasteiger partial charge in [-0.1, -0.05) is 42.1 Å². The molecule has 0 bridgehead atoms. The summed E-state index contributed by atoms with van der Waals surface area (Å²) in [6.45, 7) is 9.30. The molecule has 0 amide bonds. The van der Waals surface area contributed by atoms with Crippen LogP contribution in [0.2, 0.25) is 0 Å². The van der Waals surface area contributed by atoms with Gasteiger partial charge in [0.2, 0.25) is 0 Å². The Balaban J connectivity index is 1.59. The monoisotopic (exact) mass is 387 g/mol. The Labute approximate surface area is 166 Å². The Morgan fingerprint density at radius 3 is 2.79 bits per heavy atom. The van der Waals surface area contributed by atoms with E-state index in [4.69, 9.17) is 6.57 Å². The molecule has 0 radical (unpaired) electrons. The summed E-state index contributed by atoms with van der Waals surface area (Å²) in [5.41, 5.74) is 4.23. The zero-order valence-electron chi connectivity index (χ0n) is 15.4. The first-order chi connectivity index (χ1) is 13.6. The van der Waals surface area contributed by atoms with Crippen LogP contribution in [0.15, 0.2) is 66.2 Å². The number of thioether (sulfide) groups is 1. The van der Waals surface area contributed by atoms with Crippen molar-refractivity contribution in [3.8, 4) is 16.9 Å². The van der Waals surface area contributed by atoms with Crippen molar-refractivity contribution in [2.45, 2.75) is 17.3 Å². The number of rotatable bonds is 5. The lowest BCUT2D eigenvalue weighted by atomic mass is 10.1. The quantitative estimate of drug-likeness (QED) is 0.373. The van der Waals surface area contributed by atoms with Crippen LogP contribution in [0.3, 0.4) is 0 Å². The van der Waals surface area contributed by atoms with Crippen molar-refractivity contribution < 1.29 is 0 Å². The summed E-state index contributed by atoms with van der Waals surface area (Å²) in [6.07, 6.45) is 3.41. The molecule has 1 atom stereocenters. The number of hydrogen-bond donors (Lipinski definition) is 0. The first-order valence-corrected chi connectivity index (χ1v) is 9.53. The van der Waals surface area contributed by atoms with E-state index in [-0.39, 0.29) is 5.25 Å². The highest BCUT2D eigenvalue weighted by molar-refractivity contribution is 7.99. The maximum absolute atomic E-state index is 7.16. The van der Waals surface area contributed by atoms with Crippen LogP contribution in [0.1, 0.15) is 17.7 Å². The van der Waals surface area contributed by atoms with Crippen molar-refractivity contribution in [1.82, 2.24) is 29.8 Å². The van der Waals surface area contributed by atoms with Crippen LogP contribution in [-0.4, -0.2) is 29.8 Å². The topological polar surface area (TPSA) is 65.8 Å². The second-order valence-corrected chi connectivity index (χ2v) is 7.57. The van der Waals surface area contributed by atoms with Gasteiger partial charge in [-0.2, -0.15) is 9.90 Å². The van der Waals surface area contributed by atoms with E-state index in [0.717, 1.165) is 27.7 Å². The number of nitrogens with zero attached hydrogens (tertiary/aromatic N) is 7. The normalized spacial score (nSPS) is 11.9. The van der Waals surface area contributed by atoms with Gasteiger partial charge in [0.05, 0.1) is 18.5 Å². The summed E-state index contributed by atoms with van der Waals surface area (Å²) in [4.78, 5) is 5.08. The van der Waals surface area contributed by atoms with Crippen molar-refractivity contribution in [3.63, 3.8) is 0 Å². The molecule has 4 rings (SSSR count). The van der Waals surface area contributed by atoms with Gasteiger partial charge in [0, 0.05) is 12.3 Å². The molecule has 0 aliphatic rings. The molecule has 2 heterocycles. The molecule has 2 aromatic heterocycles. The number of benzene rings is 2. The van der Waals surface area contributed by atoms with Gasteiger partial charge in [-0.3, -0.25) is 0 Å². The van der Waals surface area contributed by atoms with Crippen LogP contribution in [0, 0.1) is 6.57 Å². The van der Waals surface area contributed by atoms with Gasteiger partial charge >= 0.3 is 0 Å². The minimum atomic E-state index is 0.202. The number of aryl methyl sites for hydroxylation is 1. The van der Waals surface area contributed by atoms with Crippen LogP contribution in [0.5, 0.6) is 0 Å². The highest BCUT2D eigenvalue weighted by atomic mass is 32.2. The average molecular weight is 387 g/mol. The maximum atomic E-state index is 7.16. The third kappa shape index (κ3) is 3.66. The van der Waals surface area contributed by atoms with E-state index in [1.165, 1.54) is 0 Å². The second-order valence-electron chi connectivity index (χ2n) is 6.26. The highest BCUT2D eigenvalue weighted by Gasteiger charge is 2.13. The summed E-state index contributed by atoms with van der Waals surface area (Å²) in [6, 6.07) is 15.5. The first kappa shape index (κ1) is 17.9. The fourth-order valence-corrected chi connectivity index (χ4v) is 3.67. The molecular formula is C20H17N7S. The molecule has 8 heteroatoms. The summed E-state index contributed by atoms with van der Waals surface area (Å²) in [7, 11) is 1.93. The van der Waals surface area contributed by atoms with Crippen LogP contribution >= 0.6 is 11.8 Å². The van der Waals surface area contributed by atoms with Crippen LogP contribution in [0.25, 0.3) is 21.8 Å². The molecule has 4 aromatic rings. The lowest BCUT2D eigenvalue weighted by Crippen LogP contribution is -2.01. The fraction of sp³-hybridized carbons (Fsp3) is 0.150. The SMILES string of the molecule is [C-]#[N+]c1cccc(-c2cnn(-c3cccc([C@H](C)Sc4nncn4C)c3)n2)c1. The molecular weight excluding hydrogens is 370 g/mol. The molecule has 2 aromatic carbocycles. The maximum Gasteiger partial charge on any atom is 0.191 e. The molecule has 7 nitrogen and oxygen atoms in total. The zero-order chi connectivity index (χ0) is 19.5. The Morgan fingerprint density at radius 1 is 1.14 bits per heavy atom. The molecule has 0 fully saturated rings. The standard InChI is InChI=1S/C20H17N7S/c1-14(28-20-24-22-13-26(20)3)15-6-5-9-18(11-15)27-23-12-19(25-27)16-7-4-8-17(10-16)21-2/h4-14H,1,3H3/t14-/m0/s1. The molecule has 0 aliphatic carbocycles. The van der Waals surface area contributed by atoms with Crippen LogP contribution < -0.4 is 0 Å². The Bertz CT molecular complexity index is 1160. The van der Waals surface area contributed by atoms with Gasteiger partial charge < -0.3 is 4.57 Å². The van der Waals surface area contributed by atoms with Crippen LogP contribution in [0.4, 0.5) is 5.69 Å². The van der Waals surface area contributed by atoms with Gasteiger partial charge in [-0.15, -0.1) is 15.3 Å². The average Bonchev–Trinajstić information content (AvgIpc) is 3.38. The highest BCUT2D eigenvalue weighted by Crippen LogP contribution is 2.33. The molecule has 0 saturated heterocycles. The van der Waals surface area contributed by atoms with Gasteiger partial charge in [-0.25, -0.2) is 4.85 Å². The lowest BCUT2D eigenvalue weighted by Gasteiger charge is -2.12. The van der Waals surface area contributed by atoms with E-state index in [1.54, 1.807) is 35.1 Å². The van der Waals surface area contributed by atoms with Gasteiger partial charge in [0.1, 0.15) is 12.0 Å². The molecule has 0 spiro atoms. The fourth-order valence-electron chi connectivity index (χ4n) is 2.76. The van der Waals surface area contributed by atoms with Crippen molar-refractivity contribution in [2.24, 2.45) is 7.05 Å². The third-order valence-electron chi connectivity index (χ3n) is 4.29. The van der Waals surface area contributed by atoms with Crippen molar-refractivity contribution >= 4 is 17.4 Å². The zero-order valence-corrected chi connectivity index (χ0v) is 16.2. The Kier molecular flexibility index (Phi) is 4.91. The minimum absolute atomic E-state index is 0.202. The molecule has 0 saturated carbocycles. The Hall–Kier alpha value is -3.44. The van der Waals surface area contributed by atoms with Gasteiger partial charge in [-0.05, 0) is 36.2 Å². The summed E-state index contributed by atoms with van der Waals surface area (Å²) in [5, 5.41) is 18.1. The van der Waals surface area contributed by atoms with E-state index in [2.05, 4.69) is 44.3 Å². The summed E-state index contributed by atoms with van der Waals surface area (Å²) in [5.74, 6) is 0. The molecule has 0 unspecified atom stereocenters. The summed E-state index contributed by atoms with van der Waals surface area (Å²) >= 11 is 1.65. The number of hydrogen-bond acceptors (Lipinski definition) is 5. The predicted octanol–water partition coefficient (Wildman–Crippen LogP) is 4.47. The first-order valence-electron chi connectivity index (χ1n) is 8.65. The van der Waals surface area contributed by atoms with Gasteiger partial charge in [0.15, 0.2) is 10.8 Å². The van der Waals surface area contributed by atoms with E-state index in [9.17, 15) is 0 Å². The van der Waals surface area contributed by atoms with E-state index in [0.29, 0.717) is 5.69 Å². The molecule has 28 heavy (non-hydrogen) atoms. The van der Waals surface area contributed by atoms with Crippen LogP contribution in [-0.2, 0) is 7.05 Å². The minimum Gasteiger partial charge on any atom is -0.312 e.